The van der Waals surface area contributed by atoms with Gasteiger partial charge in [-0.15, -0.1) is 6.58 Å². The molecule has 0 rings (SSSR count). The summed E-state index contributed by atoms with van der Waals surface area (Å²) in [5, 5.41) is 0. The number of rotatable bonds is 3. The van der Waals surface area contributed by atoms with Gasteiger partial charge in [-0.3, -0.25) is 0 Å². The molecular formula is C7H11. The highest BCUT2D eigenvalue weighted by Crippen LogP contribution is 2.02. The highest BCUT2D eigenvalue weighted by Gasteiger charge is 1.88. The van der Waals surface area contributed by atoms with Crippen LogP contribution in [0.2, 0.25) is 0 Å². The van der Waals surface area contributed by atoms with Crippen molar-refractivity contribution in [3.63, 3.8) is 0 Å². The summed E-state index contributed by atoms with van der Waals surface area (Å²) in [6.45, 7) is 9.23. The Morgan fingerprint density at radius 2 is 2.29 bits per heavy atom. The Morgan fingerprint density at radius 1 is 1.71 bits per heavy atom. The molecule has 0 aromatic carbocycles. The van der Waals surface area contributed by atoms with Crippen LogP contribution < -0.4 is 0 Å². The van der Waals surface area contributed by atoms with Crippen LogP contribution in [0.4, 0.5) is 0 Å². The highest BCUT2D eigenvalue weighted by molar-refractivity contribution is 5.04. The van der Waals surface area contributed by atoms with Crippen molar-refractivity contribution in [1.82, 2.24) is 0 Å². The fourth-order valence-electron chi connectivity index (χ4n) is 0.285. The summed E-state index contributed by atoms with van der Waals surface area (Å²) in [4.78, 5) is 0. The van der Waals surface area contributed by atoms with Crippen LogP contribution >= 0.6 is 0 Å². The molecule has 3 radical (unpaired) electrons. The third kappa shape index (κ3) is 5.74. The molecule has 0 aromatic heterocycles. The summed E-state index contributed by atoms with van der Waals surface area (Å²) in [5.74, 6) is 1.11. The Hall–Kier alpha value is -0.260. The number of allylic oxidation sites excluding steroid dienone is 1. The quantitative estimate of drug-likeness (QED) is 0.471. The van der Waals surface area contributed by atoms with Crippen LogP contribution in [0, 0.1) is 19.3 Å². The largest absolute Gasteiger partial charge is 0.103 e. The van der Waals surface area contributed by atoms with Gasteiger partial charge in [0.25, 0.3) is 0 Å². The standard InChI is InChI=1S/C7H11/c1-4-5-6-7(2)3/h4,6H,1-2,5H2,3H3. The zero-order valence-electron chi connectivity index (χ0n) is 4.78. The lowest BCUT2D eigenvalue weighted by atomic mass is 10.1. The van der Waals surface area contributed by atoms with Crippen molar-refractivity contribution in [2.75, 3.05) is 0 Å². The van der Waals surface area contributed by atoms with Crippen LogP contribution in [-0.4, -0.2) is 0 Å². The summed E-state index contributed by atoms with van der Waals surface area (Å²) in [7, 11) is 0. The van der Waals surface area contributed by atoms with Crippen molar-refractivity contribution in [2.45, 2.75) is 13.3 Å². The van der Waals surface area contributed by atoms with Crippen LogP contribution in [0.25, 0.3) is 0 Å². The van der Waals surface area contributed by atoms with E-state index in [1.807, 2.05) is 19.4 Å². The highest BCUT2D eigenvalue weighted by atomic mass is 13.9. The van der Waals surface area contributed by atoms with Crippen LogP contribution in [0.5, 0.6) is 0 Å². The first-order valence-electron chi connectivity index (χ1n) is 2.37. The SMILES string of the molecule is [CH2][C](C)[CH]CC=C. The van der Waals surface area contributed by atoms with E-state index < -0.39 is 0 Å². The zero-order valence-corrected chi connectivity index (χ0v) is 4.78. The lowest BCUT2D eigenvalue weighted by molar-refractivity contribution is 1.11. The van der Waals surface area contributed by atoms with E-state index in [2.05, 4.69) is 13.5 Å². The molecule has 0 fully saturated rings. The van der Waals surface area contributed by atoms with Crippen LogP contribution in [0.3, 0.4) is 0 Å². The van der Waals surface area contributed by atoms with Gasteiger partial charge < -0.3 is 0 Å². The van der Waals surface area contributed by atoms with E-state index in [0.717, 1.165) is 12.3 Å². The molecule has 0 heteroatoms. The molecule has 0 atom stereocenters. The topological polar surface area (TPSA) is 0 Å². The molecule has 0 aromatic rings. The number of hydrogen-bond acceptors (Lipinski definition) is 0. The molecule has 39 valence electrons. The second-order valence-corrected chi connectivity index (χ2v) is 1.57. The summed E-state index contributed by atoms with van der Waals surface area (Å²) >= 11 is 0. The molecule has 0 heterocycles. The van der Waals surface area contributed by atoms with Gasteiger partial charge in [0.05, 0.1) is 0 Å². The average molecular weight is 95.2 g/mol. The molecule has 0 unspecified atom stereocenters. The first kappa shape index (κ1) is 6.74. The van der Waals surface area contributed by atoms with E-state index in [1.165, 1.54) is 0 Å². The van der Waals surface area contributed by atoms with Gasteiger partial charge in [-0.2, -0.15) is 0 Å². The van der Waals surface area contributed by atoms with Crippen molar-refractivity contribution < 1.29 is 0 Å². The van der Waals surface area contributed by atoms with Crippen LogP contribution in [-0.2, 0) is 0 Å². The molecular weight excluding hydrogens is 84.1 g/mol. The second kappa shape index (κ2) is 3.91. The number of hydrogen-bond donors (Lipinski definition) is 0. The molecule has 0 aliphatic rings. The van der Waals surface area contributed by atoms with Gasteiger partial charge in [0.2, 0.25) is 0 Å². The first-order valence-corrected chi connectivity index (χ1v) is 2.37. The van der Waals surface area contributed by atoms with Crippen molar-refractivity contribution in [2.24, 2.45) is 0 Å². The lowest BCUT2D eigenvalue weighted by Gasteiger charge is -1.95. The third-order valence-corrected chi connectivity index (χ3v) is 0.633. The van der Waals surface area contributed by atoms with E-state index >= 15 is 0 Å². The Labute approximate surface area is 46.2 Å². The maximum atomic E-state index is 3.69. The van der Waals surface area contributed by atoms with Gasteiger partial charge in [0.15, 0.2) is 0 Å². The average Bonchev–Trinajstić information content (AvgIpc) is 1.61. The molecule has 7 heavy (non-hydrogen) atoms. The Morgan fingerprint density at radius 3 is 2.43 bits per heavy atom. The fraction of sp³-hybridized carbons (Fsp3) is 0.286. The Bertz CT molecular complexity index is 44.0. The van der Waals surface area contributed by atoms with Gasteiger partial charge >= 0.3 is 0 Å². The monoisotopic (exact) mass is 95.1 g/mol. The minimum Gasteiger partial charge on any atom is -0.103 e. The first-order chi connectivity index (χ1) is 3.27. The Balaban J connectivity index is 2.81. The van der Waals surface area contributed by atoms with Crippen molar-refractivity contribution in [1.29, 1.82) is 0 Å². The molecule has 0 spiro atoms. The van der Waals surface area contributed by atoms with E-state index in [0.29, 0.717) is 0 Å². The maximum absolute atomic E-state index is 3.69. The van der Waals surface area contributed by atoms with E-state index in [1.54, 1.807) is 0 Å². The predicted molar refractivity (Wildman–Crippen MR) is 33.4 cm³/mol. The molecule has 0 aliphatic carbocycles. The third-order valence-electron chi connectivity index (χ3n) is 0.633. The molecule has 0 saturated heterocycles. The van der Waals surface area contributed by atoms with Gasteiger partial charge in [0, 0.05) is 0 Å². The molecule has 0 saturated carbocycles. The zero-order chi connectivity index (χ0) is 5.70. The molecule has 0 aliphatic heterocycles. The fourth-order valence-corrected chi connectivity index (χ4v) is 0.285. The molecule has 0 N–H and O–H groups in total. The second-order valence-electron chi connectivity index (χ2n) is 1.57. The van der Waals surface area contributed by atoms with Crippen molar-refractivity contribution in [3.8, 4) is 0 Å². The summed E-state index contributed by atoms with van der Waals surface area (Å²) in [5.41, 5.74) is 0. The van der Waals surface area contributed by atoms with Gasteiger partial charge in [0.1, 0.15) is 0 Å². The maximum Gasteiger partial charge on any atom is -0.0235 e. The molecule has 0 amide bonds. The van der Waals surface area contributed by atoms with Crippen LogP contribution in [0.15, 0.2) is 12.7 Å². The predicted octanol–water partition coefficient (Wildman–Crippen LogP) is 2.20. The van der Waals surface area contributed by atoms with Crippen molar-refractivity contribution in [3.05, 3.63) is 31.9 Å². The smallest absolute Gasteiger partial charge is 0.0235 e. The van der Waals surface area contributed by atoms with E-state index in [4.69, 9.17) is 0 Å². The molecule has 0 bridgehead atoms. The molecule has 0 nitrogen and oxygen atoms in total. The van der Waals surface area contributed by atoms with E-state index in [9.17, 15) is 0 Å². The normalized spacial score (nSPS) is 9.57. The summed E-state index contributed by atoms with van der Waals surface area (Å²) in [6.07, 6.45) is 4.83. The van der Waals surface area contributed by atoms with E-state index in [-0.39, 0.29) is 0 Å². The Kier molecular flexibility index (Phi) is 3.77. The van der Waals surface area contributed by atoms with Crippen LogP contribution in [0.1, 0.15) is 13.3 Å². The van der Waals surface area contributed by atoms with Gasteiger partial charge in [-0.25, -0.2) is 0 Å². The lowest BCUT2D eigenvalue weighted by Crippen LogP contribution is -1.81. The summed E-state index contributed by atoms with van der Waals surface area (Å²) < 4.78 is 0. The summed E-state index contributed by atoms with van der Waals surface area (Å²) in [6, 6.07) is 0. The minimum atomic E-state index is 0.940. The van der Waals surface area contributed by atoms with Gasteiger partial charge in [-0.05, 0) is 25.7 Å². The minimum absolute atomic E-state index is 0.940. The van der Waals surface area contributed by atoms with Gasteiger partial charge in [-0.1, -0.05) is 13.0 Å². The van der Waals surface area contributed by atoms with Crippen molar-refractivity contribution >= 4 is 0 Å².